The Morgan fingerprint density at radius 3 is 2.77 bits per heavy atom. The fraction of sp³-hybridized carbons (Fsp3) is 0.300. The third-order valence-corrected chi connectivity index (χ3v) is 4.53. The third kappa shape index (κ3) is 3.55. The highest BCUT2D eigenvalue weighted by atomic mass is 16.5. The lowest BCUT2D eigenvalue weighted by Gasteiger charge is -2.21. The Morgan fingerprint density at radius 2 is 1.96 bits per heavy atom. The number of hydrogen-bond donors (Lipinski definition) is 1. The summed E-state index contributed by atoms with van der Waals surface area (Å²) in [6.07, 6.45) is 8.34. The molecule has 0 aliphatic carbocycles. The molecule has 0 saturated carbocycles. The molecule has 0 spiro atoms. The molecule has 1 atom stereocenters. The molecule has 6 nitrogen and oxygen atoms in total. The number of carbonyl (C=O) groups is 1. The van der Waals surface area contributed by atoms with E-state index in [-0.39, 0.29) is 12.0 Å². The van der Waals surface area contributed by atoms with Crippen LogP contribution in [0.5, 0.6) is 0 Å². The van der Waals surface area contributed by atoms with E-state index < -0.39 is 0 Å². The molecule has 0 bridgehead atoms. The number of amides is 1. The number of rotatable bonds is 4. The molecule has 0 radical (unpaired) electrons. The van der Waals surface area contributed by atoms with Crippen LogP contribution < -0.4 is 5.32 Å². The summed E-state index contributed by atoms with van der Waals surface area (Å²) < 4.78 is 5.70. The van der Waals surface area contributed by atoms with Crippen LogP contribution in [0, 0.1) is 0 Å². The zero-order valence-electron chi connectivity index (χ0n) is 14.4. The summed E-state index contributed by atoms with van der Waals surface area (Å²) in [6.45, 7) is 1.12. The molecule has 1 aliphatic heterocycles. The molecule has 3 heterocycles. The zero-order chi connectivity index (χ0) is 17.8. The first-order valence-electron chi connectivity index (χ1n) is 8.85. The predicted molar refractivity (Wildman–Crippen MR) is 97.5 cm³/mol. The van der Waals surface area contributed by atoms with Crippen LogP contribution in [0.1, 0.15) is 47.2 Å². The number of pyridine rings is 1. The molecule has 4 rings (SSSR count). The summed E-state index contributed by atoms with van der Waals surface area (Å²) in [5.41, 5.74) is 1.27. The molecular formula is C20H20N4O2. The maximum atomic E-state index is 12.5. The van der Waals surface area contributed by atoms with Crippen LogP contribution in [-0.2, 0) is 11.3 Å². The number of carbonyl (C=O) groups excluding carboxylic acids is 1. The lowest BCUT2D eigenvalue weighted by atomic mass is 10.1. The van der Waals surface area contributed by atoms with Gasteiger partial charge < -0.3 is 10.1 Å². The van der Waals surface area contributed by atoms with E-state index in [0.717, 1.165) is 48.0 Å². The zero-order valence-corrected chi connectivity index (χ0v) is 14.4. The SMILES string of the molecule is O=C(NCc1cnc([C@H]2CCCCO2)nc1)c1nccc2ccccc12. The van der Waals surface area contributed by atoms with Crippen molar-refractivity contribution in [3.05, 3.63) is 66.0 Å². The van der Waals surface area contributed by atoms with Crippen LogP contribution in [0.2, 0.25) is 0 Å². The Hall–Kier alpha value is -2.86. The van der Waals surface area contributed by atoms with Crippen molar-refractivity contribution in [1.82, 2.24) is 20.3 Å². The number of aromatic nitrogens is 3. The van der Waals surface area contributed by atoms with Gasteiger partial charge in [0.25, 0.3) is 5.91 Å². The second-order valence-electron chi connectivity index (χ2n) is 6.37. The summed E-state index contributed by atoms with van der Waals surface area (Å²) in [5, 5.41) is 4.73. The Balaban J connectivity index is 1.42. The Morgan fingerprint density at radius 1 is 1.12 bits per heavy atom. The van der Waals surface area contributed by atoms with Gasteiger partial charge in [-0.1, -0.05) is 24.3 Å². The molecule has 26 heavy (non-hydrogen) atoms. The van der Waals surface area contributed by atoms with E-state index in [9.17, 15) is 4.79 Å². The molecular weight excluding hydrogens is 328 g/mol. The van der Waals surface area contributed by atoms with Crippen LogP contribution in [0.4, 0.5) is 0 Å². The van der Waals surface area contributed by atoms with Gasteiger partial charge in [-0.25, -0.2) is 9.97 Å². The molecule has 1 amide bonds. The highest BCUT2D eigenvalue weighted by molar-refractivity contribution is 6.05. The Bertz CT molecular complexity index is 900. The van der Waals surface area contributed by atoms with Crippen LogP contribution >= 0.6 is 0 Å². The largest absolute Gasteiger partial charge is 0.370 e. The van der Waals surface area contributed by atoms with Crippen molar-refractivity contribution in [2.24, 2.45) is 0 Å². The first kappa shape index (κ1) is 16.6. The first-order valence-corrected chi connectivity index (χ1v) is 8.85. The minimum atomic E-state index is -0.207. The molecule has 1 N–H and O–H groups in total. The summed E-state index contributed by atoms with van der Waals surface area (Å²) in [5.74, 6) is 0.511. The number of hydrogen-bond acceptors (Lipinski definition) is 5. The second-order valence-corrected chi connectivity index (χ2v) is 6.37. The molecule has 1 saturated heterocycles. The topological polar surface area (TPSA) is 77.0 Å². The number of nitrogens with zero attached hydrogens (tertiary/aromatic N) is 3. The molecule has 1 aliphatic rings. The highest BCUT2D eigenvalue weighted by Crippen LogP contribution is 2.24. The van der Waals surface area contributed by atoms with Gasteiger partial charge in [0.05, 0.1) is 0 Å². The predicted octanol–water partition coefficient (Wildman–Crippen LogP) is 3.20. The van der Waals surface area contributed by atoms with E-state index in [1.165, 1.54) is 0 Å². The van der Waals surface area contributed by atoms with E-state index in [4.69, 9.17) is 4.74 Å². The van der Waals surface area contributed by atoms with E-state index in [2.05, 4.69) is 20.3 Å². The van der Waals surface area contributed by atoms with Gasteiger partial charge in [0.15, 0.2) is 5.82 Å². The summed E-state index contributed by atoms with van der Waals surface area (Å²) in [7, 11) is 0. The number of fused-ring (bicyclic) bond motifs is 1. The van der Waals surface area contributed by atoms with E-state index in [1.807, 2.05) is 30.3 Å². The standard InChI is InChI=1S/C20H20N4O2/c25-20(18-16-6-2-1-5-15(16)8-9-21-18)24-13-14-11-22-19(23-12-14)17-7-3-4-10-26-17/h1-2,5-6,8-9,11-12,17H,3-4,7,10,13H2,(H,24,25)/t17-/m1/s1. The van der Waals surface area contributed by atoms with Crippen molar-refractivity contribution >= 4 is 16.7 Å². The lowest BCUT2D eigenvalue weighted by Crippen LogP contribution is -2.24. The van der Waals surface area contributed by atoms with Crippen molar-refractivity contribution in [1.29, 1.82) is 0 Å². The minimum Gasteiger partial charge on any atom is -0.370 e. The van der Waals surface area contributed by atoms with Gasteiger partial charge in [-0.3, -0.25) is 9.78 Å². The van der Waals surface area contributed by atoms with Crippen molar-refractivity contribution in [2.45, 2.75) is 31.9 Å². The third-order valence-electron chi connectivity index (χ3n) is 4.53. The Kier molecular flexibility index (Phi) is 4.84. The average molecular weight is 348 g/mol. The van der Waals surface area contributed by atoms with Crippen molar-refractivity contribution in [3.8, 4) is 0 Å². The van der Waals surface area contributed by atoms with E-state index >= 15 is 0 Å². The van der Waals surface area contributed by atoms with Crippen LogP contribution in [-0.4, -0.2) is 27.5 Å². The molecule has 0 unspecified atom stereocenters. The number of benzene rings is 1. The van der Waals surface area contributed by atoms with Crippen LogP contribution in [0.15, 0.2) is 48.9 Å². The smallest absolute Gasteiger partial charge is 0.270 e. The lowest BCUT2D eigenvalue weighted by molar-refractivity contribution is 0.00940. The van der Waals surface area contributed by atoms with Gasteiger partial charge in [-0.05, 0) is 30.7 Å². The normalized spacial score (nSPS) is 17.2. The average Bonchev–Trinajstić information content (AvgIpc) is 2.72. The first-order chi connectivity index (χ1) is 12.8. The minimum absolute atomic E-state index is 0.00715. The maximum absolute atomic E-state index is 12.5. The van der Waals surface area contributed by atoms with Gasteiger partial charge in [-0.2, -0.15) is 0 Å². The highest BCUT2D eigenvalue weighted by Gasteiger charge is 2.18. The molecule has 132 valence electrons. The van der Waals surface area contributed by atoms with Crippen LogP contribution in [0.3, 0.4) is 0 Å². The van der Waals surface area contributed by atoms with Gasteiger partial charge in [0.2, 0.25) is 0 Å². The molecule has 1 fully saturated rings. The molecule has 6 heteroatoms. The Labute approximate surface area is 151 Å². The van der Waals surface area contributed by atoms with E-state index in [0.29, 0.717) is 12.2 Å². The van der Waals surface area contributed by atoms with Gasteiger partial charge in [0, 0.05) is 42.7 Å². The molecule has 2 aromatic heterocycles. The van der Waals surface area contributed by atoms with Gasteiger partial charge in [-0.15, -0.1) is 0 Å². The van der Waals surface area contributed by atoms with Gasteiger partial charge >= 0.3 is 0 Å². The fourth-order valence-electron chi connectivity index (χ4n) is 3.13. The van der Waals surface area contributed by atoms with Gasteiger partial charge in [0.1, 0.15) is 11.8 Å². The summed E-state index contributed by atoms with van der Waals surface area (Å²) in [6, 6.07) is 9.61. The monoisotopic (exact) mass is 348 g/mol. The summed E-state index contributed by atoms with van der Waals surface area (Å²) >= 11 is 0. The van der Waals surface area contributed by atoms with E-state index in [1.54, 1.807) is 18.6 Å². The summed E-state index contributed by atoms with van der Waals surface area (Å²) in [4.78, 5) is 25.5. The second kappa shape index (κ2) is 7.58. The fourth-order valence-corrected chi connectivity index (χ4v) is 3.13. The van der Waals surface area contributed by atoms with Crippen molar-refractivity contribution in [2.75, 3.05) is 6.61 Å². The van der Waals surface area contributed by atoms with Crippen LogP contribution in [0.25, 0.3) is 10.8 Å². The van der Waals surface area contributed by atoms with Crippen molar-refractivity contribution in [3.63, 3.8) is 0 Å². The number of ether oxygens (including phenoxy) is 1. The maximum Gasteiger partial charge on any atom is 0.270 e. The molecule has 3 aromatic rings. The quantitative estimate of drug-likeness (QED) is 0.783. The number of nitrogens with one attached hydrogen (secondary N) is 1. The molecule has 1 aromatic carbocycles. The van der Waals surface area contributed by atoms with Crippen molar-refractivity contribution < 1.29 is 9.53 Å².